The molecule has 8 heteroatoms. The third-order valence-corrected chi connectivity index (χ3v) is 5.40. The Labute approximate surface area is 201 Å². The normalized spacial score (nSPS) is 14.2. The van der Waals surface area contributed by atoms with Crippen LogP contribution in [0.2, 0.25) is 0 Å². The maximum Gasteiger partial charge on any atom is 0.337 e. The molecular weight excluding hydrogens is 488 g/mol. The van der Waals surface area contributed by atoms with E-state index in [2.05, 4.69) is 27.0 Å². The largest absolute Gasteiger partial charge is 0.493 e. The lowest BCUT2D eigenvalue weighted by Crippen LogP contribution is -2.21. The van der Waals surface area contributed by atoms with Gasteiger partial charge in [-0.15, -0.1) is 6.42 Å². The number of amides is 1. The summed E-state index contributed by atoms with van der Waals surface area (Å²) in [5.41, 5.74) is 2.67. The Hall–Kier alpha value is -3.57. The fourth-order valence-corrected chi connectivity index (χ4v) is 3.90. The molecule has 7 nitrogen and oxygen atoms in total. The standard InChI is InChI=1S/C25H23BrN2O5/c1-5-8-21-19(12-16-13-20(26)23(33-11-6-2)22(14-16)31-3)24(29)28(27-21)18-10-7-9-17(15-18)25(30)32-4/h2,7,9-10,12-15H,5,8,11H2,1,3-4H3/b19-12+. The van der Waals surface area contributed by atoms with E-state index >= 15 is 0 Å². The van der Waals surface area contributed by atoms with Crippen molar-refractivity contribution >= 4 is 45.3 Å². The summed E-state index contributed by atoms with van der Waals surface area (Å²) in [7, 11) is 2.84. The molecule has 3 rings (SSSR count). The van der Waals surface area contributed by atoms with Crippen LogP contribution in [-0.4, -0.2) is 38.4 Å². The van der Waals surface area contributed by atoms with Gasteiger partial charge >= 0.3 is 5.97 Å². The average molecular weight is 511 g/mol. The summed E-state index contributed by atoms with van der Waals surface area (Å²) < 4.78 is 16.4. The van der Waals surface area contributed by atoms with E-state index in [9.17, 15) is 9.59 Å². The molecule has 0 saturated heterocycles. The zero-order chi connectivity index (χ0) is 24.0. The minimum absolute atomic E-state index is 0.0980. The Kier molecular flexibility index (Phi) is 7.91. The predicted octanol–water partition coefficient (Wildman–Crippen LogP) is 4.84. The van der Waals surface area contributed by atoms with E-state index in [0.717, 1.165) is 12.0 Å². The number of anilines is 1. The van der Waals surface area contributed by atoms with Crippen molar-refractivity contribution in [3.63, 3.8) is 0 Å². The maximum atomic E-state index is 13.3. The topological polar surface area (TPSA) is 77.4 Å². The number of benzene rings is 2. The van der Waals surface area contributed by atoms with E-state index < -0.39 is 5.97 Å². The van der Waals surface area contributed by atoms with Crippen molar-refractivity contribution in [2.45, 2.75) is 19.8 Å². The average Bonchev–Trinajstić information content (AvgIpc) is 3.12. The number of esters is 1. The van der Waals surface area contributed by atoms with Crippen LogP contribution < -0.4 is 14.5 Å². The predicted molar refractivity (Wildman–Crippen MR) is 131 cm³/mol. The van der Waals surface area contributed by atoms with Crippen molar-refractivity contribution in [1.29, 1.82) is 0 Å². The van der Waals surface area contributed by atoms with Gasteiger partial charge in [0.25, 0.3) is 5.91 Å². The van der Waals surface area contributed by atoms with E-state index in [-0.39, 0.29) is 12.5 Å². The highest BCUT2D eigenvalue weighted by Crippen LogP contribution is 2.38. The molecule has 1 aliphatic heterocycles. The van der Waals surface area contributed by atoms with E-state index in [1.165, 1.54) is 19.2 Å². The highest BCUT2D eigenvalue weighted by Gasteiger charge is 2.31. The molecule has 0 aliphatic carbocycles. The Morgan fingerprint density at radius 1 is 1.27 bits per heavy atom. The number of halogens is 1. The molecule has 0 N–H and O–H groups in total. The molecule has 2 aromatic carbocycles. The molecule has 170 valence electrons. The van der Waals surface area contributed by atoms with E-state index in [4.69, 9.17) is 20.6 Å². The van der Waals surface area contributed by atoms with Crippen molar-refractivity contribution < 1.29 is 23.8 Å². The van der Waals surface area contributed by atoms with Crippen LogP contribution in [0.1, 0.15) is 35.7 Å². The van der Waals surface area contributed by atoms with Gasteiger partial charge in [-0.25, -0.2) is 4.79 Å². The molecule has 0 bridgehead atoms. The highest BCUT2D eigenvalue weighted by atomic mass is 79.9. The van der Waals surface area contributed by atoms with Crippen LogP contribution in [-0.2, 0) is 9.53 Å². The molecule has 0 atom stereocenters. The number of carbonyl (C=O) groups is 2. The van der Waals surface area contributed by atoms with Crippen LogP contribution in [0, 0.1) is 12.3 Å². The summed E-state index contributed by atoms with van der Waals surface area (Å²) in [6, 6.07) is 10.2. The summed E-state index contributed by atoms with van der Waals surface area (Å²) in [5, 5.41) is 5.85. The number of rotatable bonds is 8. The molecule has 1 amide bonds. The van der Waals surface area contributed by atoms with Crippen molar-refractivity contribution in [3.05, 3.63) is 57.6 Å². The second kappa shape index (κ2) is 10.8. The lowest BCUT2D eigenvalue weighted by atomic mass is 10.0. The minimum atomic E-state index is -0.485. The Bertz CT molecular complexity index is 1180. The van der Waals surface area contributed by atoms with Gasteiger partial charge in [-0.3, -0.25) is 4.79 Å². The summed E-state index contributed by atoms with van der Waals surface area (Å²) >= 11 is 3.48. The molecule has 0 radical (unpaired) electrons. The lowest BCUT2D eigenvalue weighted by Gasteiger charge is -2.13. The van der Waals surface area contributed by atoms with Crippen molar-refractivity contribution in [2.75, 3.05) is 25.8 Å². The quantitative estimate of drug-likeness (QED) is 0.288. The minimum Gasteiger partial charge on any atom is -0.493 e. The molecule has 0 fully saturated rings. The van der Waals surface area contributed by atoms with Crippen LogP contribution in [0.25, 0.3) is 6.08 Å². The van der Waals surface area contributed by atoms with Crippen molar-refractivity contribution in [1.82, 2.24) is 0 Å². The fourth-order valence-electron chi connectivity index (χ4n) is 3.33. The van der Waals surface area contributed by atoms with E-state index in [1.807, 2.05) is 13.0 Å². The SMILES string of the molecule is C#CCOc1c(Br)cc(/C=C2/C(=O)N(c3cccc(C(=O)OC)c3)N=C2CCC)cc1OC. The fraction of sp³-hybridized carbons (Fsp3) is 0.240. The molecule has 0 saturated carbocycles. The molecule has 1 aliphatic rings. The third kappa shape index (κ3) is 5.26. The summed E-state index contributed by atoms with van der Waals surface area (Å²) in [4.78, 5) is 25.2. The highest BCUT2D eigenvalue weighted by molar-refractivity contribution is 9.10. The molecule has 0 aromatic heterocycles. The Balaban J connectivity index is 2.01. The van der Waals surface area contributed by atoms with Crippen LogP contribution in [0.15, 0.2) is 51.5 Å². The zero-order valence-electron chi connectivity index (χ0n) is 18.6. The van der Waals surface area contributed by atoms with Gasteiger partial charge in [0.1, 0.15) is 6.61 Å². The summed E-state index contributed by atoms with van der Waals surface area (Å²) in [5.74, 6) is 2.61. The number of hydrogen-bond donors (Lipinski definition) is 0. The molecule has 33 heavy (non-hydrogen) atoms. The van der Waals surface area contributed by atoms with Gasteiger partial charge < -0.3 is 14.2 Å². The number of ether oxygens (including phenoxy) is 3. The van der Waals surface area contributed by atoms with Crippen LogP contribution >= 0.6 is 15.9 Å². The molecule has 0 spiro atoms. The Morgan fingerprint density at radius 3 is 2.73 bits per heavy atom. The van der Waals surface area contributed by atoms with Gasteiger partial charge in [0, 0.05) is 0 Å². The first-order valence-corrected chi connectivity index (χ1v) is 11.0. The second-order valence-electron chi connectivity index (χ2n) is 7.04. The van der Waals surface area contributed by atoms with Crippen LogP contribution in [0.3, 0.4) is 0 Å². The maximum absolute atomic E-state index is 13.3. The first-order valence-electron chi connectivity index (χ1n) is 10.2. The van der Waals surface area contributed by atoms with Gasteiger partial charge in [-0.05, 0) is 64.3 Å². The number of carbonyl (C=O) groups excluding carboxylic acids is 2. The van der Waals surface area contributed by atoms with Gasteiger partial charge in [-0.1, -0.05) is 25.3 Å². The second-order valence-corrected chi connectivity index (χ2v) is 7.89. The number of hydrogen-bond acceptors (Lipinski definition) is 6. The molecule has 2 aromatic rings. The number of hydrazone groups is 1. The summed E-state index contributed by atoms with van der Waals surface area (Å²) in [6.07, 6.45) is 8.48. The van der Waals surface area contributed by atoms with E-state index in [0.29, 0.717) is 44.9 Å². The number of nitrogens with zero attached hydrogens (tertiary/aromatic N) is 2. The van der Waals surface area contributed by atoms with Crippen molar-refractivity contribution in [2.24, 2.45) is 5.10 Å². The molecular formula is C25H23BrN2O5. The lowest BCUT2D eigenvalue weighted by molar-refractivity contribution is -0.114. The zero-order valence-corrected chi connectivity index (χ0v) is 20.1. The molecule has 0 unspecified atom stereocenters. The third-order valence-electron chi connectivity index (χ3n) is 4.82. The van der Waals surface area contributed by atoms with Gasteiger partial charge in [-0.2, -0.15) is 10.1 Å². The van der Waals surface area contributed by atoms with Gasteiger partial charge in [0.2, 0.25) is 0 Å². The monoisotopic (exact) mass is 510 g/mol. The van der Waals surface area contributed by atoms with E-state index in [1.54, 1.807) is 36.4 Å². The van der Waals surface area contributed by atoms with Crippen LogP contribution in [0.5, 0.6) is 11.5 Å². The van der Waals surface area contributed by atoms with Crippen LogP contribution in [0.4, 0.5) is 5.69 Å². The summed E-state index contributed by atoms with van der Waals surface area (Å²) in [6.45, 7) is 2.11. The van der Waals surface area contributed by atoms with Gasteiger partial charge in [0.15, 0.2) is 11.5 Å². The molecule has 1 heterocycles. The number of methoxy groups -OCH3 is 2. The first-order chi connectivity index (χ1) is 15.9. The number of terminal acetylenes is 1. The smallest absolute Gasteiger partial charge is 0.337 e. The van der Waals surface area contributed by atoms with Crippen molar-refractivity contribution in [3.8, 4) is 23.8 Å². The first kappa shape index (κ1) is 24.1. The van der Waals surface area contributed by atoms with Gasteiger partial charge in [0.05, 0.1) is 41.2 Å². The Morgan fingerprint density at radius 2 is 2.06 bits per heavy atom.